The molecule has 0 aliphatic rings. The summed E-state index contributed by atoms with van der Waals surface area (Å²) in [5, 5.41) is 13.8. The molecule has 6 nitrogen and oxygen atoms in total. The molecule has 0 spiro atoms. The van der Waals surface area contributed by atoms with Crippen LogP contribution < -0.4 is 14.9 Å². The lowest BCUT2D eigenvalue weighted by atomic mass is 10.1. The molecule has 2 N–H and O–H groups in total. The fourth-order valence-electron chi connectivity index (χ4n) is 2.67. The van der Waals surface area contributed by atoms with Crippen LogP contribution in [0.1, 0.15) is 12.5 Å². The lowest BCUT2D eigenvalue weighted by Gasteiger charge is -2.08. The molecule has 0 unspecified atom stereocenters. The predicted octanol–water partition coefficient (Wildman–Crippen LogP) is 4.75. The molecule has 3 aromatic carbocycles. The standard InChI is InChI=1S/C23H21BrN2O4/c1-2-29-21-13-16(12-20(24)23(21)28)14-25-26-22(27)15-30-19-10-8-18(9-11-19)17-6-4-3-5-7-17/h3-14,28H,2,15H2,1H3,(H,26,27). The number of nitrogens with one attached hydrogen (secondary N) is 1. The predicted molar refractivity (Wildman–Crippen MR) is 120 cm³/mol. The third-order valence-corrected chi connectivity index (χ3v) is 4.69. The molecule has 3 rings (SSSR count). The zero-order valence-corrected chi connectivity index (χ0v) is 17.9. The molecule has 0 fully saturated rings. The second-order valence-electron chi connectivity index (χ2n) is 6.25. The van der Waals surface area contributed by atoms with Crippen molar-refractivity contribution in [3.05, 3.63) is 76.8 Å². The number of phenolic OH excluding ortho intramolecular Hbond substituents is 1. The number of aromatic hydroxyl groups is 1. The van der Waals surface area contributed by atoms with Crippen LogP contribution in [0.3, 0.4) is 0 Å². The number of hydrazone groups is 1. The summed E-state index contributed by atoms with van der Waals surface area (Å²) in [4.78, 5) is 12.0. The van der Waals surface area contributed by atoms with E-state index in [2.05, 4.69) is 26.5 Å². The summed E-state index contributed by atoms with van der Waals surface area (Å²) < 4.78 is 11.3. The second kappa shape index (κ2) is 10.5. The highest BCUT2D eigenvalue weighted by molar-refractivity contribution is 9.10. The summed E-state index contributed by atoms with van der Waals surface area (Å²) in [6, 6.07) is 20.8. The fraction of sp³-hybridized carbons (Fsp3) is 0.130. The van der Waals surface area contributed by atoms with Crippen molar-refractivity contribution < 1.29 is 19.4 Å². The van der Waals surface area contributed by atoms with Gasteiger partial charge >= 0.3 is 0 Å². The van der Waals surface area contributed by atoms with E-state index in [0.717, 1.165) is 11.1 Å². The van der Waals surface area contributed by atoms with Gasteiger partial charge in [0, 0.05) is 0 Å². The minimum Gasteiger partial charge on any atom is -0.503 e. The van der Waals surface area contributed by atoms with E-state index >= 15 is 0 Å². The van der Waals surface area contributed by atoms with E-state index in [0.29, 0.717) is 28.1 Å². The summed E-state index contributed by atoms with van der Waals surface area (Å²) in [5.74, 6) is 0.561. The van der Waals surface area contributed by atoms with Crippen LogP contribution in [0.2, 0.25) is 0 Å². The average molecular weight is 469 g/mol. The van der Waals surface area contributed by atoms with Crippen LogP contribution >= 0.6 is 15.9 Å². The average Bonchev–Trinajstić information content (AvgIpc) is 2.77. The molecular weight excluding hydrogens is 448 g/mol. The first-order valence-electron chi connectivity index (χ1n) is 9.32. The maximum absolute atomic E-state index is 12.0. The van der Waals surface area contributed by atoms with Gasteiger partial charge in [-0.25, -0.2) is 5.43 Å². The molecule has 0 atom stereocenters. The van der Waals surface area contributed by atoms with Gasteiger partial charge in [-0.2, -0.15) is 5.10 Å². The van der Waals surface area contributed by atoms with Crippen molar-refractivity contribution in [2.45, 2.75) is 6.92 Å². The van der Waals surface area contributed by atoms with E-state index in [1.165, 1.54) is 6.21 Å². The number of hydrogen-bond donors (Lipinski definition) is 2. The van der Waals surface area contributed by atoms with Gasteiger partial charge in [0.1, 0.15) is 5.75 Å². The Morgan fingerprint density at radius 3 is 2.47 bits per heavy atom. The van der Waals surface area contributed by atoms with Crippen molar-refractivity contribution in [1.82, 2.24) is 5.43 Å². The van der Waals surface area contributed by atoms with Crippen molar-refractivity contribution in [3.63, 3.8) is 0 Å². The summed E-state index contributed by atoms with van der Waals surface area (Å²) in [6.45, 7) is 2.08. The van der Waals surface area contributed by atoms with E-state index in [1.54, 1.807) is 12.1 Å². The number of carbonyl (C=O) groups is 1. The molecule has 0 saturated heterocycles. The number of halogens is 1. The van der Waals surface area contributed by atoms with E-state index in [-0.39, 0.29) is 18.3 Å². The van der Waals surface area contributed by atoms with Gasteiger partial charge in [0.05, 0.1) is 17.3 Å². The lowest BCUT2D eigenvalue weighted by molar-refractivity contribution is -0.123. The minimum atomic E-state index is -0.388. The zero-order chi connectivity index (χ0) is 21.3. The van der Waals surface area contributed by atoms with Gasteiger partial charge in [-0.05, 0) is 63.8 Å². The Bertz CT molecular complexity index is 1020. The SMILES string of the molecule is CCOc1cc(C=NNC(=O)COc2ccc(-c3ccccc3)cc2)cc(Br)c1O. The lowest BCUT2D eigenvalue weighted by Crippen LogP contribution is -2.24. The van der Waals surface area contributed by atoms with Crippen molar-refractivity contribution in [2.24, 2.45) is 5.10 Å². The van der Waals surface area contributed by atoms with Gasteiger partial charge in [0.2, 0.25) is 0 Å². The quantitative estimate of drug-likeness (QED) is 0.369. The Balaban J connectivity index is 1.51. The minimum absolute atomic E-state index is 0.0183. The summed E-state index contributed by atoms with van der Waals surface area (Å²) in [6.07, 6.45) is 1.46. The van der Waals surface area contributed by atoms with E-state index in [1.807, 2.05) is 61.5 Å². The van der Waals surface area contributed by atoms with Crippen LogP contribution in [0.25, 0.3) is 11.1 Å². The molecule has 0 aliphatic heterocycles. The number of carbonyl (C=O) groups excluding carboxylic acids is 1. The first kappa shape index (κ1) is 21.4. The van der Waals surface area contributed by atoms with Crippen LogP contribution in [0.15, 0.2) is 76.3 Å². The molecule has 154 valence electrons. The number of nitrogens with zero attached hydrogens (tertiary/aromatic N) is 1. The van der Waals surface area contributed by atoms with Crippen molar-refractivity contribution in [3.8, 4) is 28.4 Å². The summed E-state index contributed by atoms with van der Waals surface area (Å²) in [7, 11) is 0. The van der Waals surface area contributed by atoms with Crippen LogP contribution in [0.5, 0.6) is 17.2 Å². The highest BCUT2D eigenvalue weighted by atomic mass is 79.9. The Morgan fingerprint density at radius 1 is 1.07 bits per heavy atom. The van der Waals surface area contributed by atoms with E-state index in [9.17, 15) is 9.90 Å². The molecule has 0 saturated carbocycles. The van der Waals surface area contributed by atoms with Crippen molar-refractivity contribution in [2.75, 3.05) is 13.2 Å². The van der Waals surface area contributed by atoms with Gasteiger partial charge < -0.3 is 14.6 Å². The molecule has 1 amide bonds. The topological polar surface area (TPSA) is 80.2 Å². The highest BCUT2D eigenvalue weighted by Crippen LogP contribution is 2.35. The van der Waals surface area contributed by atoms with Gasteiger partial charge in [-0.3, -0.25) is 4.79 Å². The largest absolute Gasteiger partial charge is 0.503 e. The van der Waals surface area contributed by atoms with Crippen LogP contribution in [0.4, 0.5) is 0 Å². The van der Waals surface area contributed by atoms with Gasteiger partial charge in [-0.1, -0.05) is 42.5 Å². The molecule has 7 heteroatoms. The zero-order valence-electron chi connectivity index (χ0n) is 16.3. The van der Waals surface area contributed by atoms with Crippen molar-refractivity contribution in [1.29, 1.82) is 0 Å². The number of amides is 1. The van der Waals surface area contributed by atoms with Crippen LogP contribution in [-0.4, -0.2) is 30.4 Å². The monoisotopic (exact) mass is 468 g/mol. The Morgan fingerprint density at radius 2 is 1.77 bits per heavy atom. The molecular formula is C23H21BrN2O4. The smallest absolute Gasteiger partial charge is 0.277 e. The number of hydrogen-bond acceptors (Lipinski definition) is 5. The third kappa shape index (κ3) is 5.84. The third-order valence-electron chi connectivity index (χ3n) is 4.08. The first-order chi connectivity index (χ1) is 14.6. The summed E-state index contributed by atoms with van der Waals surface area (Å²) >= 11 is 3.26. The van der Waals surface area contributed by atoms with E-state index in [4.69, 9.17) is 9.47 Å². The maximum atomic E-state index is 12.0. The molecule has 3 aromatic rings. The number of rotatable bonds is 8. The molecule has 0 heterocycles. The Kier molecular flexibility index (Phi) is 7.45. The fourth-order valence-corrected chi connectivity index (χ4v) is 3.13. The Hall–Kier alpha value is -3.32. The first-order valence-corrected chi connectivity index (χ1v) is 10.1. The number of phenols is 1. The van der Waals surface area contributed by atoms with Crippen LogP contribution in [0, 0.1) is 0 Å². The second-order valence-corrected chi connectivity index (χ2v) is 7.11. The summed E-state index contributed by atoms with van der Waals surface area (Å²) in [5.41, 5.74) is 5.25. The molecule has 0 bridgehead atoms. The molecule has 0 aliphatic carbocycles. The number of benzene rings is 3. The van der Waals surface area contributed by atoms with Crippen LogP contribution in [-0.2, 0) is 4.79 Å². The van der Waals surface area contributed by atoms with Gasteiger partial charge in [0.25, 0.3) is 5.91 Å². The maximum Gasteiger partial charge on any atom is 0.277 e. The van der Waals surface area contributed by atoms with Gasteiger partial charge in [0.15, 0.2) is 18.1 Å². The normalized spacial score (nSPS) is 10.7. The molecule has 0 aromatic heterocycles. The molecule has 30 heavy (non-hydrogen) atoms. The van der Waals surface area contributed by atoms with Crippen molar-refractivity contribution >= 4 is 28.1 Å². The number of ether oxygens (including phenoxy) is 2. The van der Waals surface area contributed by atoms with Gasteiger partial charge in [-0.15, -0.1) is 0 Å². The highest BCUT2D eigenvalue weighted by Gasteiger charge is 2.08. The molecule has 0 radical (unpaired) electrons. The van der Waals surface area contributed by atoms with E-state index < -0.39 is 0 Å². The Labute approximate surface area is 183 Å².